The first-order chi connectivity index (χ1) is 9.63. The lowest BCUT2D eigenvalue weighted by Gasteiger charge is -2.32. The molecule has 0 saturated heterocycles. The number of rotatable bonds is 2. The molecule has 0 radical (unpaired) electrons. The van der Waals surface area contributed by atoms with Gasteiger partial charge in [-0.05, 0) is 44.2 Å². The summed E-state index contributed by atoms with van der Waals surface area (Å²) in [5.41, 5.74) is 8.17. The van der Waals surface area contributed by atoms with Crippen LogP contribution >= 0.6 is 0 Å². The number of benzene rings is 1. The highest BCUT2D eigenvalue weighted by molar-refractivity contribution is 5.84. The van der Waals surface area contributed by atoms with E-state index in [1.807, 2.05) is 25.1 Å². The van der Waals surface area contributed by atoms with Gasteiger partial charge < -0.3 is 10.5 Å². The molecule has 3 atom stereocenters. The first kappa shape index (κ1) is 13.4. The molecular formula is C17H22N2O. The second-order valence-electron chi connectivity index (χ2n) is 6.02. The minimum atomic E-state index is 0.103. The Morgan fingerprint density at radius 2 is 2.05 bits per heavy atom. The summed E-state index contributed by atoms with van der Waals surface area (Å²) in [4.78, 5) is 4.62. The van der Waals surface area contributed by atoms with E-state index in [0.717, 1.165) is 35.2 Å². The van der Waals surface area contributed by atoms with E-state index < -0.39 is 0 Å². The van der Waals surface area contributed by atoms with Gasteiger partial charge in [-0.1, -0.05) is 25.1 Å². The summed E-state index contributed by atoms with van der Waals surface area (Å²) in [6, 6.07) is 10.3. The molecule has 3 nitrogen and oxygen atoms in total. The van der Waals surface area contributed by atoms with Crippen LogP contribution in [0.15, 0.2) is 30.3 Å². The predicted molar refractivity (Wildman–Crippen MR) is 81.9 cm³/mol. The van der Waals surface area contributed by atoms with E-state index >= 15 is 0 Å². The number of fused-ring (bicyclic) bond motifs is 1. The van der Waals surface area contributed by atoms with Crippen molar-refractivity contribution in [3.63, 3.8) is 0 Å². The molecule has 3 unspecified atom stereocenters. The number of hydrogen-bond donors (Lipinski definition) is 1. The van der Waals surface area contributed by atoms with Crippen molar-refractivity contribution < 1.29 is 4.74 Å². The normalized spacial score (nSPS) is 26.6. The standard InChI is InChI=1S/C17H22N2O/c1-11-6-9-14(18)16(10-11)20-15-5-3-4-13-8-7-12(2)19-17(13)15/h3-5,7-8,11,14,16H,6,9-10,18H2,1-2H3. The van der Waals surface area contributed by atoms with Crippen LogP contribution in [0, 0.1) is 12.8 Å². The van der Waals surface area contributed by atoms with Gasteiger partial charge in [-0.15, -0.1) is 0 Å². The molecule has 1 aromatic carbocycles. The molecule has 0 aliphatic heterocycles. The maximum absolute atomic E-state index is 6.22. The summed E-state index contributed by atoms with van der Waals surface area (Å²) in [5.74, 6) is 1.55. The molecule has 0 amide bonds. The van der Waals surface area contributed by atoms with E-state index in [0.29, 0.717) is 5.92 Å². The molecule has 1 aliphatic carbocycles. The Kier molecular flexibility index (Phi) is 3.62. The molecule has 1 saturated carbocycles. The van der Waals surface area contributed by atoms with Crippen molar-refractivity contribution in [2.24, 2.45) is 11.7 Å². The van der Waals surface area contributed by atoms with Gasteiger partial charge in [0.2, 0.25) is 0 Å². The summed E-state index contributed by atoms with van der Waals surface area (Å²) >= 11 is 0. The number of aromatic nitrogens is 1. The number of ether oxygens (including phenoxy) is 1. The number of nitrogens with two attached hydrogens (primary N) is 1. The first-order valence-electron chi connectivity index (χ1n) is 7.42. The van der Waals surface area contributed by atoms with Crippen LogP contribution in [0.3, 0.4) is 0 Å². The van der Waals surface area contributed by atoms with E-state index in [1.165, 1.54) is 6.42 Å². The third-order valence-corrected chi connectivity index (χ3v) is 4.21. The molecule has 20 heavy (non-hydrogen) atoms. The Morgan fingerprint density at radius 1 is 1.20 bits per heavy atom. The molecule has 1 aromatic heterocycles. The minimum absolute atomic E-state index is 0.103. The molecule has 0 bridgehead atoms. The zero-order chi connectivity index (χ0) is 14.1. The maximum Gasteiger partial charge on any atom is 0.146 e. The van der Waals surface area contributed by atoms with Crippen molar-refractivity contribution in [2.75, 3.05) is 0 Å². The van der Waals surface area contributed by atoms with Gasteiger partial charge in [-0.2, -0.15) is 0 Å². The monoisotopic (exact) mass is 270 g/mol. The Hall–Kier alpha value is -1.61. The fraction of sp³-hybridized carbons (Fsp3) is 0.471. The van der Waals surface area contributed by atoms with Crippen molar-refractivity contribution in [3.8, 4) is 5.75 Å². The van der Waals surface area contributed by atoms with Crippen LogP contribution in [0.4, 0.5) is 0 Å². The van der Waals surface area contributed by atoms with Crippen molar-refractivity contribution >= 4 is 10.9 Å². The van der Waals surface area contributed by atoms with Crippen LogP contribution in [-0.4, -0.2) is 17.1 Å². The summed E-state index contributed by atoms with van der Waals surface area (Å²) in [6.45, 7) is 4.28. The molecule has 2 N–H and O–H groups in total. The lowest BCUT2D eigenvalue weighted by Crippen LogP contribution is -2.43. The van der Waals surface area contributed by atoms with Gasteiger partial charge in [0, 0.05) is 17.1 Å². The maximum atomic E-state index is 6.22. The van der Waals surface area contributed by atoms with E-state index in [4.69, 9.17) is 10.5 Å². The van der Waals surface area contributed by atoms with Crippen LogP contribution in [0.1, 0.15) is 31.9 Å². The van der Waals surface area contributed by atoms with E-state index in [1.54, 1.807) is 0 Å². The summed E-state index contributed by atoms with van der Waals surface area (Å²) in [7, 11) is 0. The first-order valence-corrected chi connectivity index (χ1v) is 7.42. The van der Waals surface area contributed by atoms with Gasteiger partial charge in [0.15, 0.2) is 0 Å². The quantitative estimate of drug-likeness (QED) is 0.909. The van der Waals surface area contributed by atoms with Gasteiger partial charge in [-0.3, -0.25) is 0 Å². The van der Waals surface area contributed by atoms with Gasteiger partial charge in [0.1, 0.15) is 17.4 Å². The molecule has 1 fully saturated rings. The number of para-hydroxylation sites is 1. The second kappa shape index (κ2) is 5.41. The molecular weight excluding hydrogens is 248 g/mol. The molecule has 3 rings (SSSR count). The zero-order valence-electron chi connectivity index (χ0n) is 12.2. The lowest BCUT2D eigenvalue weighted by molar-refractivity contribution is 0.109. The van der Waals surface area contributed by atoms with Gasteiger partial charge in [0.25, 0.3) is 0 Å². The van der Waals surface area contributed by atoms with Crippen molar-refractivity contribution in [3.05, 3.63) is 36.0 Å². The van der Waals surface area contributed by atoms with Crippen molar-refractivity contribution in [1.29, 1.82) is 0 Å². The fourth-order valence-corrected chi connectivity index (χ4v) is 2.96. The highest BCUT2D eigenvalue weighted by atomic mass is 16.5. The molecule has 106 valence electrons. The minimum Gasteiger partial charge on any atom is -0.487 e. The van der Waals surface area contributed by atoms with Crippen molar-refractivity contribution in [1.82, 2.24) is 4.98 Å². The lowest BCUT2D eigenvalue weighted by atomic mass is 9.85. The van der Waals surface area contributed by atoms with Crippen LogP contribution in [-0.2, 0) is 0 Å². The topological polar surface area (TPSA) is 48.1 Å². The molecule has 1 heterocycles. The van der Waals surface area contributed by atoms with Crippen molar-refractivity contribution in [2.45, 2.75) is 45.3 Å². The third kappa shape index (κ3) is 2.63. The van der Waals surface area contributed by atoms with Crippen LogP contribution in [0.2, 0.25) is 0 Å². The molecule has 3 heteroatoms. The highest BCUT2D eigenvalue weighted by Crippen LogP contribution is 2.30. The highest BCUT2D eigenvalue weighted by Gasteiger charge is 2.28. The third-order valence-electron chi connectivity index (χ3n) is 4.21. The van der Waals surface area contributed by atoms with E-state index in [9.17, 15) is 0 Å². The average molecular weight is 270 g/mol. The Morgan fingerprint density at radius 3 is 2.90 bits per heavy atom. The Bertz CT molecular complexity index is 611. The van der Waals surface area contributed by atoms with Crippen LogP contribution in [0.25, 0.3) is 10.9 Å². The Balaban J connectivity index is 1.92. The molecule has 2 aromatic rings. The SMILES string of the molecule is Cc1ccc2cccc(OC3CC(C)CCC3N)c2n1. The van der Waals surface area contributed by atoms with E-state index in [2.05, 4.69) is 24.0 Å². The summed E-state index contributed by atoms with van der Waals surface area (Å²) in [6.07, 6.45) is 3.38. The van der Waals surface area contributed by atoms with Gasteiger partial charge in [0.05, 0.1) is 0 Å². The van der Waals surface area contributed by atoms with E-state index in [-0.39, 0.29) is 12.1 Å². The van der Waals surface area contributed by atoms with Gasteiger partial charge in [-0.25, -0.2) is 4.98 Å². The second-order valence-corrected chi connectivity index (χ2v) is 6.02. The number of nitrogens with zero attached hydrogens (tertiary/aromatic N) is 1. The molecule has 0 spiro atoms. The largest absolute Gasteiger partial charge is 0.487 e. The van der Waals surface area contributed by atoms with Crippen LogP contribution in [0.5, 0.6) is 5.75 Å². The average Bonchev–Trinajstić information content (AvgIpc) is 2.43. The van der Waals surface area contributed by atoms with Crippen LogP contribution < -0.4 is 10.5 Å². The predicted octanol–water partition coefficient (Wildman–Crippen LogP) is 3.44. The number of aryl methyl sites for hydroxylation is 1. The fourth-order valence-electron chi connectivity index (χ4n) is 2.96. The summed E-state index contributed by atoms with van der Waals surface area (Å²) in [5, 5.41) is 1.12. The molecule has 1 aliphatic rings. The smallest absolute Gasteiger partial charge is 0.146 e. The zero-order valence-corrected chi connectivity index (χ0v) is 12.2. The Labute approximate surface area is 120 Å². The number of pyridine rings is 1. The number of hydrogen-bond acceptors (Lipinski definition) is 3. The van der Waals surface area contributed by atoms with Gasteiger partial charge >= 0.3 is 0 Å². The summed E-state index contributed by atoms with van der Waals surface area (Å²) < 4.78 is 6.22.